The quantitative estimate of drug-likeness (QED) is 0.923. The molecular weight excluding hydrogens is 272 g/mol. The Bertz CT molecular complexity index is 473. The van der Waals surface area contributed by atoms with Gasteiger partial charge in [0.25, 0.3) is 0 Å². The van der Waals surface area contributed by atoms with Crippen LogP contribution in [0.4, 0.5) is 0 Å². The highest BCUT2D eigenvalue weighted by atomic mass is 32.2. The zero-order valence-corrected chi connectivity index (χ0v) is 12.3. The molecule has 0 spiro atoms. The summed E-state index contributed by atoms with van der Waals surface area (Å²) in [4.78, 5) is 11.5. The van der Waals surface area contributed by atoms with Crippen molar-refractivity contribution in [1.29, 1.82) is 0 Å². The molecule has 0 aromatic heterocycles. The molecule has 108 valence electrons. The van der Waals surface area contributed by atoms with Crippen molar-refractivity contribution >= 4 is 17.7 Å². The molecule has 2 aliphatic rings. The van der Waals surface area contributed by atoms with Crippen LogP contribution in [-0.4, -0.2) is 28.7 Å². The molecule has 1 aromatic carbocycles. The number of hydrogen-bond donors (Lipinski definition) is 1. The maximum atomic E-state index is 11.5. The number of carbonyl (C=O) groups is 1. The third-order valence-electron chi connectivity index (χ3n) is 4.44. The molecule has 2 fully saturated rings. The molecule has 1 atom stereocenters. The highest BCUT2D eigenvalue weighted by Crippen LogP contribution is 2.44. The monoisotopic (exact) mass is 292 g/mol. The summed E-state index contributed by atoms with van der Waals surface area (Å²) in [7, 11) is 0. The van der Waals surface area contributed by atoms with Crippen molar-refractivity contribution in [2.75, 3.05) is 11.5 Å². The van der Waals surface area contributed by atoms with Crippen molar-refractivity contribution < 1.29 is 14.6 Å². The molecule has 3 rings (SSSR count). The van der Waals surface area contributed by atoms with E-state index in [9.17, 15) is 9.90 Å². The van der Waals surface area contributed by atoms with Gasteiger partial charge in [-0.2, -0.15) is 11.8 Å². The number of carboxylic acids is 1. The molecule has 0 radical (unpaired) electrons. The van der Waals surface area contributed by atoms with Crippen molar-refractivity contribution in [3.05, 3.63) is 29.8 Å². The molecule has 1 heterocycles. The van der Waals surface area contributed by atoms with E-state index < -0.39 is 11.4 Å². The zero-order valence-electron chi connectivity index (χ0n) is 11.5. The number of aliphatic carboxylic acids is 1. The fraction of sp³-hybridized carbons (Fsp3) is 0.562. The molecule has 3 nitrogen and oxygen atoms in total. The molecule has 1 N–H and O–H groups in total. The Balaban J connectivity index is 1.69. The van der Waals surface area contributed by atoms with Gasteiger partial charge >= 0.3 is 5.97 Å². The van der Waals surface area contributed by atoms with Crippen LogP contribution in [0.1, 0.15) is 37.7 Å². The first-order chi connectivity index (χ1) is 9.71. The average Bonchev–Trinajstić information content (AvgIpc) is 2.40. The van der Waals surface area contributed by atoms with Gasteiger partial charge < -0.3 is 9.84 Å². The van der Waals surface area contributed by atoms with E-state index in [1.807, 2.05) is 36.0 Å². The van der Waals surface area contributed by atoms with Crippen molar-refractivity contribution in [1.82, 2.24) is 0 Å². The molecule has 0 amide bonds. The summed E-state index contributed by atoms with van der Waals surface area (Å²) in [5, 5.41) is 9.43. The van der Waals surface area contributed by atoms with E-state index in [1.54, 1.807) is 0 Å². The lowest BCUT2D eigenvalue weighted by atomic mass is 9.64. The smallest absolute Gasteiger partial charge is 0.314 e. The number of benzene rings is 1. The zero-order chi connectivity index (χ0) is 14.0. The molecule has 4 heteroatoms. The van der Waals surface area contributed by atoms with E-state index in [4.69, 9.17) is 4.74 Å². The predicted molar refractivity (Wildman–Crippen MR) is 80.6 cm³/mol. The number of ether oxygens (including phenoxy) is 1. The van der Waals surface area contributed by atoms with E-state index >= 15 is 0 Å². The van der Waals surface area contributed by atoms with Crippen LogP contribution in [-0.2, 0) is 10.2 Å². The highest BCUT2D eigenvalue weighted by molar-refractivity contribution is 7.99. The van der Waals surface area contributed by atoms with E-state index in [1.165, 1.54) is 12.2 Å². The van der Waals surface area contributed by atoms with E-state index in [0.717, 1.165) is 42.7 Å². The Morgan fingerprint density at radius 2 is 2.00 bits per heavy atom. The second-order valence-corrected chi connectivity index (χ2v) is 6.87. The first-order valence-electron chi connectivity index (χ1n) is 7.29. The van der Waals surface area contributed by atoms with Crippen LogP contribution < -0.4 is 4.74 Å². The van der Waals surface area contributed by atoms with Gasteiger partial charge in [0.05, 0.1) is 5.41 Å². The van der Waals surface area contributed by atoms with Gasteiger partial charge in [0.2, 0.25) is 0 Å². The van der Waals surface area contributed by atoms with Crippen molar-refractivity contribution in [2.24, 2.45) is 0 Å². The summed E-state index contributed by atoms with van der Waals surface area (Å²) in [6, 6.07) is 7.71. The van der Waals surface area contributed by atoms with Crippen molar-refractivity contribution in [2.45, 2.75) is 43.6 Å². The van der Waals surface area contributed by atoms with Crippen LogP contribution >= 0.6 is 11.8 Å². The van der Waals surface area contributed by atoms with Crippen LogP contribution in [0.25, 0.3) is 0 Å². The summed E-state index contributed by atoms with van der Waals surface area (Å²) in [6.45, 7) is 0. The molecule has 1 saturated carbocycles. The summed E-state index contributed by atoms with van der Waals surface area (Å²) in [6.07, 6.45) is 5.15. The molecule has 1 saturated heterocycles. The van der Waals surface area contributed by atoms with E-state index in [-0.39, 0.29) is 0 Å². The highest BCUT2D eigenvalue weighted by Gasteiger charge is 2.45. The first kappa shape index (κ1) is 13.8. The normalized spacial score (nSPS) is 24.7. The molecule has 1 aliphatic carbocycles. The third kappa shape index (κ3) is 2.53. The van der Waals surface area contributed by atoms with Gasteiger partial charge in [-0.25, -0.2) is 0 Å². The Kier molecular flexibility index (Phi) is 3.92. The molecule has 1 aliphatic heterocycles. The first-order valence-corrected chi connectivity index (χ1v) is 8.44. The number of thioether (sulfide) groups is 1. The Labute approximate surface area is 123 Å². The summed E-state index contributed by atoms with van der Waals surface area (Å²) >= 11 is 1.94. The lowest BCUT2D eigenvalue weighted by molar-refractivity contribution is -0.147. The molecule has 20 heavy (non-hydrogen) atoms. The maximum absolute atomic E-state index is 11.5. The Hall–Kier alpha value is -1.16. The third-order valence-corrected chi connectivity index (χ3v) is 5.63. The number of rotatable bonds is 4. The molecule has 1 aromatic rings. The fourth-order valence-corrected chi connectivity index (χ4v) is 4.04. The van der Waals surface area contributed by atoms with Crippen molar-refractivity contribution in [3.8, 4) is 5.75 Å². The summed E-state index contributed by atoms with van der Waals surface area (Å²) in [5.74, 6) is 2.46. The van der Waals surface area contributed by atoms with Gasteiger partial charge in [-0.1, -0.05) is 18.6 Å². The van der Waals surface area contributed by atoms with Crippen LogP contribution in [0.5, 0.6) is 5.75 Å². The standard InChI is InChI=1S/C16H20O3S/c17-15(18)16(8-2-9-16)12-4-6-13(7-5-12)19-14-3-1-10-20-11-14/h4-7,14H,1-3,8-11H2,(H,17,18). The van der Waals surface area contributed by atoms with E-state index in [2.05, 4.69) is 0 Å². The average molecular weight is 292 g/mol. The van der Waals surface area contributed by atoms with E-state index in [0.29, 0.717) is 6.10 Å². The summed E-state index contributed by atoms with van der Waals surface area (Å²) < 4.78 is 5.97. The topological polar surface area (TPSA) is 46.5 Å². The lowest BCUT2D eigenvalue weighted by Crippen LogP contribution is -2.42. The van der Waals surface area contributed by atoms with Crippen LogP contribution in [0.15, 0.2) is 24.3 Å². The van der Waals surface area contributed by atoms with Crippen LogP contribution in [0.2, 0.25) is 0 Å². The van der Waals surface area contributed by atoms with Crippen LogP contribution in [0, 0.1) is 0 Å². The maximum Gasteiger partial charge on any atom is 0.314 e. The van der Waals surface area contributed by atoms with Gasteiger partial charge in [-0.05, 0) is 49.1 Å². The minimum atomic E-state index is -0.693. The van der Waals surface area contributed by atoms with Crippen LogP contribution in [0.3, 0.4) is 0 Å². The van der Waals surface area contributed by atoms with Crippen molar-refractivity contribution in [3.63, 3.8) is 0 Å². The SMILES string of the molecule is O=C(O)C1(c2ccc(OC3CCCSC3)cc2)CCC1. The minimum Gasteiger partial charge on any atom is -0.490 e. The number of hydrogen-bond acceptors (Lipinski definition) is 3. The lowest BCUT2D eigenvalue weighted by Gasteiger charge is -2.38. The predicted octanol–water partition coefficient (Wildman–Crippen LogP) is 3.47. The van der Waals surface area contributed by atoms with Gasteiger partial charge in [0, 0.05) is 5.75 Å². The van der Waals surface area contributed by atoms with Gasteiger partial charge in [-0.15, -0.1) is 0 Å². The Morgan fingerprint density at radius 1 is 1.25 bits per heavy atom. The largest absolute Gasteiger partial charge is 0.490 e. The van der Waals surface area contributed by atoms with Gasteiger partial charge in [0.1, 0.15) is 11.9 Å². The molecular formula is C16H20O3S. The molecule has 0 bridgehead atoms. The second-order valence-electron chi connectivity index (χ2n) is 5.72. The second kappa shape index (κ2) is 5.68. The van der Waals surface area contributed by atoms with Gasteiger partial charge in [0.15, 0.2) is 0 Å². The number of carboxylic acid groups (broad SMARTS) is 1. The molecule has 1 unspecified atom stereocenters. The Morgan fingerprint density at radius 3 is 2.50 bits per heavy atom. The minimum absolute atomic E-state index is 0.303. The fourth-order valence-electron chi connectivity index (χ4n) is 3.01. The van der Waals surface area contributed by atoms with Gasteiger partial charge in [-0.3, -0.25) is 4.79 Å². The summed E-state index contributed by atoms with van der Waals surface area (Å²) in [5.41, 5.74) is 0.279.